The molecule has 0 aliphatic carbocycles. The SMILES string of the molecule is N#CCC(=O)Nc1ccccc1C(=O)Nc1ccccn1. The molecule has 0 spiro atoms. The molecule has 2 aromatic rings. The van der Waals surface area contributed by atoms with Gasteiger partial charge in [-0.3, -0.25) is 9.59 Å². The van der Waals surface area contributed by atoms with Crippen molar-refractivity contribution in [2.24, 2.45) is 0 Å². The Bertz CT molecular complexity index is 692. The number of amides is 2. The van der Waals surface area contributed by atoms with Crippen LogP contribution in [0.4, 0.5) is 11.5 Å². The standard InChI is InChI=1S/C15H12N4O2/c16-9-8-14(20)18-12-6-2-1-5-11(12)15(21)19-13-7-3-4-10-17-13/h1-7,10H,8H2,(H,18,20)(H,17,19,21). The average Bonchev–Trinajstić information content (AvgIpc) is 2.49. The van der Waals surface area contributed by atoms with E-state index in [1.165, 1.54) is 0 Å². The highest BCUT2D eigenvalue weighted by Crippen LogP contribution is 2.16. The number of para-hydroxylation sites is 1. The smallest absolute Gasteiger partial charge is 0.258 e. The maximum Gasteiger partial charge on any atom is 0.258 e. The largest absolute Gasteiger partial charge is 0.324 e. The van der Waals surface area contributed by atoms with E-state index >= 15 is 0 Å². The van der Waals surface area contributed by atoms with E-state index in [2.05, 4.69) is 15.6 Å². The summed E-state index contributed by atoms with van der Waals surface area (Å²) in [5, 5.41) is 13.7. The van der Waals surface area contributed by atoms with Crippen LogP contribution in [0.1, 0.15) is 16.8 Å². The highest BCUT2D eigenvalue weighted by Gasteiger charge is 2.13. The van der Waals surface area contributed by atoms with Crippen LogP contribution >= 0.6 is 0 Å². The van der Waals surface area contributed by atoms with E-state index in [1.807, 2.05) is 0 Å². The molecule has 1 heterocycles. The van der Waals surface area contributed by atoms with Crippen molar-refractivity contribution >= 4 is 23.3 Å². The Kier molecular flexibility index (Phi) is 4.62. The first-order chi connectivity index (χ1) is 10.2. The average molecular weight is 280 g/mol. The monoisotopic (exact) mass is 280 g/mol. The Balaban J connectivity index is 2.18. The number of hydrogen-bond donors (Lipinski definition) is 2. The predicted molar refractivity (Wildman–Crippen MR) is 77.5 cm³/mol. The summed E-state index contributed by atoms with van der Waals surface area (Å²) in [6, 6.07) is 13.5. The van der Waals surface area contributed by atoms with Crippen molar-refractivity contribution in [2.75, 3.05) is 10.6 Å². The van der Waals surface area contributed by atoms with Gasteiger partial charge >= 0.3 is 0 Å². The van der Waals surface area contributed by atoms with E-state index < -0.39 is 5.91 Å². The zero-order valence-electron chi connectivity index (χ0n) is 11.0. The maximum absolute atomic E-state index is 12.2. The van der Waals surface area contributed by atoms with Gasteiger partial charge in [0.25, 0.3) is 5.91 Å². The lowest BCUT2D eigenvalue weighted by Crippen LogP contribution is -2.18. The van der Waals surface area contributed by atoms with Gasteiger partial charge in [-0.15, -0.1) is 0 Å². The molecule has 0 bridgehead atoms. The fraction of sp³-hybridized carbons (Fsp3) is 0.0667. The minimum absolute atomic E-state index is 0.268. The van der Waals surface area contributed by atoms with Crippen LogP contribution in [0.25, 0.3) is 0 Å². The molecule has 6 heteroatoms. The molecule has 2 amide bonds. The summed E-state index contributed by atoms with van der Waals surface area (Å²) < 4.78 is 0. The van der Waals surface area contributed by atoms with Gasteiger partial charge in [-0.25, -0.2) is 4.98 Å². The summed E-state index contributed by atoms with van der Waals surface area (Å²) in [5.41, 5.74) is 0.653. The van der Waals surface area contributed by atoms with E-state index in [9.17, 15) is 9.59 Å². The van der Waals surface area contributed by atoms with Gasteiger partial charge in [0.05, 0.1) is 17.3 Å². The van der Waals surface area contributed by atoms with Crippen molar-refractivity contribution < 1.29 is 9.59 Å². The molecular formula is C15H12N4O2. The van der Waals surface area contributed by atoms with Crippen LogP contribution < -0.4 is 10.6 Å². The molecular weight excluding hydrogens is 268 g/mol. The van der Waals surface area contributed by atoms with E-state index in [0.717, 1.165) is 0 Å². The summed E-state index contributed by atoms with van der Waals surface area (Å²) >= 11 is 0. The summed E-state index contributed by atoms with van der Waals surface area (Å²) in [4.78, 5) is 27.7. The predicted octanol–water partition coefficient (Wildman–Crippen LogP) is 2.19. The molecule has 1 aromatic carbocycles. The van der Waals surface area contributed by atoms with E-state index in [4.69, 9.17) is 5.26 Å². The number of carbonyl (C=O) groups is 2. The first-order valence-corrected chi connectivity index (χ1v) is 6.19. The van der Waals surface area contributed by atoms with Gasteiger partial charge in [0, 0.05) is 6.20 Å². The third kappa shape index (κ3) is 3.88. The van der Waals surface area contributed by atoms with Crippen LogP contribution in [-0.4, -0.2) is 16.8 Å². The number of carbonyl (C=O) groups excluding carboxylic acids is 2. The Morgan fingerprint density at radius 1 is 1.10 bits per heavy atom. The topological polar surface area (TPSA) is 94.9 Å². The first kappa shape index (κ1) is 14.2. The Morgan fingerprint density at radius 2 is 1.86 bits per heavy atom. The van der Waals surface area contributed by atoms with Gasteiger partial charge in [-0.2, -0.15) is 5.26 Å². The molecule has 2 N–H and O–H groups in total. The third-order valence-corrected chi connectivity index (χ3v) is 2.59. The van der Waals surface area contributed by atoms with E-state index in [0.29, 0.717) is 17.1 Å². The number of aromatic nitrogens is 1. The van der Waals surface area contributed by atoms with Crippen molar-refractivity contribution in [1.82, 2.24) is 4.98 Å². The molecule has 0 aliphatic rings. The van der Waals surface area contributed by atoms with Crippen molar-refractivity contribution in [3.8, 4) is 6.07 Å². The first-order valence-electron chi connectivity index (χ1n) is 6.19. The third-order valence-electron chi connectivity index (χ3n) is 2.59. The molecule has 2 rings (SSSR count). The fourth-order valence-corrected chi connectivity index (χ4v) is 1.68. The van der Waals surface area contributed by atoms with Crippen LogP contribution in [0.5, 0.6) is 0 Å². The van der Waals surface area contributed by atoms with Gasteiger partial charge in [-0.1, -0.05) is 18.2 Å². The van der Waals surface area contributed by atoms with E-state index in [-0.39, 0.29) is 12.3 Å². The van der Waals surface area contributed by atoms with Crippen LogP contribution in [0.2, 0.25) is 0 Å². The molecule has 0 atom stereocenters. The second-order valence-electron chi connectivity index (χ2n) is 4.10. The maximum atomic E-state index is 12.2. The normalized spacial score (nSPS) is 9.48. The molecule has 0 saturated carbocycles. The molecule has 21 heavy (non-hydrogen) atoms. The Labute approximate surface area is 121 Å². The molecule has 0 saturated heterocycles. The summed E-state index contributed by atoms with van der Waals surface area (Å²) in [5.74, 6) is -0.433. The van der Waals surface area contributed by atoms with Gasteiger partial charge in [0.15, 0.2) is 0 Å². The lowest BCUT2D eigenvalue weighted by Gasteiger charge is -2.10. The second kappa shape index (κ2) is 6.82. The van der Waals surface area contributed by atoms with E-state index in [1.54, 1.807) is 54.7 Å². The number of hydrogen-bond acceptors (Lipinski definition) is 4. The van der Waals surface area contributed by atoms with Gasteiger partial charge in [0.2, 0.25) is 5.91 Å². The zero-order chi connectivity index (χ0) is 15.1. The molecule has 0 radical (unpaired) electrons. The van der Waals surface area contributed by atoms with Crippen molar-refractivity contribution in [2.45, 2.75) is 6.42 Å². The van der Waals surface area contributed by atoms with Gasteiger partial charge < -0.3 is 10.6 Å². The van der Waals surface area contributed by atoms with Gasteiger partial charge in [0.1, 0.15) is 12.2 Å². The Hall–Kier alpha value is -3.20. The number of nitriles is 1. The van der Waals surface area contributed by atoms with Gasteiger partial charge in [-0.05, 0) is 24.3 Å². The molecule has 0 fully saturated rings. The van der Waals surface area contributed by atoms with Crippen molar-refractivity contribution in [3.63, 3.8) is 0 Å². The highest BCUT2D eigenvalue weighted by molar-refractivity contribution is 6.09. The zero-order valence-corrected chi connectivity index (χ0v) is 11.0. The molecule has 1 aromatic heterocycles. The number of anilines is 2. The second-order valence-corrected chi connectivity index (χ2v) is 4.10. The molecule has 104 valence electrons. The lowest BCUT2D eigenvalue weighted by molar-refractivity contribution is -0.115. The van der Waals surface area contributed by atoms with Crippen LogP contribution in [0, 0.1) is 11.3 Å². The number of nitrogens with one attached hydrogen (secondary N) is 2. The minimum Gasteiger partial charge on any atom is -0.324 e. The quantitative estimate of drug-likeness (QED) is 0.897. The van der Waals surface area contributed by atoms with Crippen LogP contribution in [0.15, 0.2) is 48.7 Å². The summed E-state index contributed by atoms with van der Waals surface area (Å²) in [7, 11) is 0. The van der Waals surface area contributed by atoms with Crippen molar-refractivity contribution in [1.29, 1.82) is 5.26 Å². The molecule has 6 nitrogen and oxygen atoms in total. The molecule has 0 unspecified atom stereocenters. The Morgan fingerprint density at radius 3 is 2.57 bits per heavy atom. The van der Waals surface area contributed by atoms with Crippen molar-refractivity contribution in [3.05, 3.63) is 54.2 Å². The van der Waals surface area contributed by atoms with Crippen LogP contribution in [0.3, 0.4) is 0 Å². The minimum atomic E-state index is -0.462. The lowest BCUT2D eigenvalue weighted by atomic mass is 10.1. The number of nitrogens with zero attached hydrogens (tertiary/aromatic N) is 2. The number of pyridine rings is 1. The highest BCUT2D eigenvalue weighted by atomic mass is 16.2. The fourth-order valence-electron chi connectivity index (χ4n) is 1.68. The molecule has 0 aliphatic heterocycles. The number of benzene rings is 1. The number of rotatable bonds is 4. The summed E-state index contributed by atoms with van der Waals surface area (Å²) in [6.45, 7) is 0. The summed E-state index contributed by atoms with van der Waals surface area (Å²) in [6.07, 6.45) is 1.30. The van der Waals surface area contributed by atoms with Crippen LogP contribution in [-0.2, 0) is 4.79 Å².